The number of Topliss-reactive ketones (excluding diaryl/α,β-unsaturated/α-hetero) is 1. The van der Waals surface area contributed by atoms with E-state index in [1.165, 1.54) is 14.0 Å². The second kappa shape index (κ2) is 28.7. The van der Waals surface area contributed by atoms with Crippen LogP contribution < -0.4 is 10.6 Å². The van der Waals surface area contributed by atoms with E-state index in [1.807, 2.05) is 35.0 Å². The molecule has 0 saturated heterocycles. The zero-order valence-electron chi connectivity index (χ0n) is 37.6. The number of allylic oxidation sites excluding steroid dienone is 1. The van der Waals surface area contributed by atoms with Crippen molar-refractivity contribution in [3.05, 3.63) is 11.1 Å². The fraction of sp³-hybridized carbons (Fsp3) is 0.692. The number of ketones is 1. The largest absolute Gasteiger partial charge is 0.462 e. The van der Waals surface area contributed by atoms with Gasteiger partial charge in [-0.25, -0.2) is 14.4 Å². The van der Waals surface area contributed by atoms with E-state index in [-0.39, 0.29) is 12.2 Å². The van der Waals surface area contributed by atoms with Gasteiger partial charge in [0.1, 0.15) is 75.6 Å². The monoisotopic (exact) mass is 908 g/mol. The number of carbonyl (C=O) groups excluding carboxylic acids is 10. The number of aliphatic hydroxyl groups is 1. The van der Waals surface area contributed by atoms with Crippen molar-refractivity contribution in [2.75, 3.05) is 81.4 Å². The van der Waals surface area contributed by atoms with Crippen LogP contribution >= 0.6 is 0 Å². The number of rotatable bonds is 28. The summed E-state index contributed by atoms with van der Waals surface area (Å²) in [5, 5.41) is 13.9. The molecule has 0 rings (SSSR count). The molecule has 3 N–H and O–H groups in total. The number of aliphatic hydroxyl groups excluding tert-OH is 1. The third-order valence-corrected chi connectivity index (χ3v) is 9.08. The standard InChI is InChI=1S/C39H61N3O21/c1-23(2)25(4)35(50)60-21-40-37(52)63-29(19-57-32(47)13-31(46)55-16-27(44)15-54-11)20-59-34(49)14-33(48)58-18-28(17-56-30(45)12-24(3)43)62-38(53)41-22-61-36(51)26(5)39(6,7)42(8,9)10/h26-29,44H,12-22H2,1-11H3,(H-,40,41,52,53)/p+1. The van der Waals surface area contributed by atoms with Gasteiger partial charge in [-0.2, -0.15) is 0 Å². The number of methoxy groups -OCH3 is 1. The maximum atomic E-state index is 12.7. The highest BCUT2D eigenvalue weighted by Crippen LogP contribution is 2.27. The number of esters is 7. The third kappa shape index (κ3) is 25.0. The molecular formula is C39H62N3O21+. The van der Waals surface area contributed by atoms with Gasteiger partial charge in [0, 0.05) is 12.7 Å². The molecule has 0 heterocycles. The summed E-state index contributed by atoms with van der Waals surface area (Å²) in [4.78, 5) is 122. The Morgan fingerprint density at radius 1 is 0.571 bits per heavy atom. The first-order valence-electron chi connectivity index (χ1n) is 19.3. The molecule has 358 valence electrons. The zero-order valence-corrected chi connectivity index (χ0v) is 37.6. The summed E-state index contributed by atoms with van der Waals surface area (Å²) >= 11 is 0. The van der Waals surface area contributed by atoms with Crippen molar-refractivity contribution in [3.8, 4) is 0 Å². The van der Waals surface area contributed by atoms with E-state index in [2.05, 4.69) is 10.6 Å². The minimum atomic E-state index is -1.56. The smallest absolute Gasteiger partial charge is 0.410 e. The molecule has 0 fully saturated rings. The lowest BCUT2D eigenvalue weighted by Gasteiger charge is -2.44. The Kier molecular flexibility index (Phi) is 26.0. The van der Waals surface area contributed by atoms with Gasteiger partial charge in [0.05, 0.1) is 27.7 Å². The maximum absolute atomic E-state index is 12.7. The second-order valence-electron chi connectivity index (χ2n) is 15.4. The summed E-state index contributed by atoms with van der Waals surface area (Å²) in [6, 6.07) is 0. The Balaban J connectivity index is 5.50. The van der Waals surface area contributed by atoms with Gasteiger partial charge in [0.2, 0.25) is 0 Å². The highest BCUT2D eigenvalue weighted by molar-refractivity contribution is 5.94. The molecule has 0 saturated carbocycles. The lowest BCUT2D eigenvalue weighted by atomic mass is 9.86. The lowest BCUT2D eigenvalue weighted by Crippen LogP contribution is -2.58. The van der Waals surface area contributed by atoms with Crippen LogP contribution in [0.1, 0.15) is 67.7 Å². The molecule has 4 atom stereocenters. The number of ether oxygens (including phenoxy) is 10. The van der Waals surface area contributed by atoms with Gasteiger partial charge >= 0.3 is 54.0 Å². The third-order valence-electron chi connectivity index (χ3n) is 9.08. The molecule has 24 heteroatoms. The Morgan fingerprint density at radius 3 is 1.32 bits per heavy atom. The summed E-state index contributed by atoms with van der Waals surface area (Å²) in [6.45, 7) is 6.39. The fourth-order valence-corrected chi connectivity index (χ4v) is 4.12. The molecular weight excluding hydrogens is 846 g/mol. The predicted molar refractivity (Wildman–Crippen MR) is 211 cm³/mol. The molecule has 24 nitrogen and oxygen atoms in total. The lowest BCUT2D eigenvalue weighted by molar-refractivity contribution is -0.922. The second-order valence-corrected chi connectivity index (χ2v) is 15.4. The molecule has 0 bridgehead atoms. The first kappa shape index (κ1) is 57.1. The molecule has 0 aliphatic carbocycles. The molecule has 0 aliphatic rings. The van der Waals surface area contributed by atoms with Gasteiger partial charge in [-0.05, 0) is 48.5 Å². The number of quaternary nitrogens is 1. The Labute approximate surface area is 365 Å². The molecule has 0 aliphatic heterocycles. The topological polar surface area (TPSA) is 307 Å². The van der Waals surface area contributed by atoms with Crippen molar-refractivity contribution in [2.24, 2.45) is 5.92 Å². The summed E-state index contributed by atoms with van der Waals surface area (Å²) in [7, 11) is 7.01. The molecule has 2 amide bonds. The number of hydrogen-bond acceptors (Lipinski definition) is 21. The van der Waals surface area contributed by atoms with Gasteiger partial charge < -0.3 is 57.0 Å². The van der Waals surface area contributed by atoms with Crippen molar-refractivity contribution in [1.82, 2.24) is 10.6 Å². The summed E-state index contributed by atoms with van der Waals surface area (Å²) < 4.78 is 50.0. The molecule has 0 aromatic carbocycles. The highest BCUT2D eigenvalue weighted by Gasteiger charge is 2.43. The van der Waals surface area contributed by atoms with E-state index in [0.29, 0.717) is 10.1 Å². The zero-order chi connectivity index (χ0) is 48.5. The van der Waals surface area contributed by atoms with Gasteiger partial charge in [-0.1, -0.05) is 5.57 Å². The molecule has 0 spiro atoms. The Morgan fingerprint density at radius 2 is 0.952 bits per heavy atom. The van der Waals surface area contributed by atoms with E-state index < -0.39 is 155 Å². The SMILES string of the molecule is COCC(O)COC(=O)CC(=O)OCC(COC(=O)CC(=O)OCC(COC(=O)CC(C)=O)OC(=O)NCOC(=O)C(C)C(C)(C)[N+](C)(C)C)OC(=O)NCOC(=O)C(C)=C(C)C. The summed E-state index contributed by atoms with van der Waals surface area (Å²) in [6.07, 6.45) is -9.21. The molecule has 0 aromatic heterocycles. The van der Waals surface area contributed by atoms with Gasteiger partial charge in [-0.15, -0.1) is 0 Å². The Bertz CT molecular complexity index is 1630. The number of carbonyl (C=O) groups is 10. The average molecular weight is 909 g/mol. The van der Waals surface area contributed by atoms with Crippen LogP contribution in [0.25, 0.3) is 0 Å². The van der Waals surface area contributed by atoms with Crippen LogP contribution in [-0.2, 0) is 85.7 Å². The summed E-state index contributed by atoms with van der Waals surface area (Å²) in [5.41, 5.74) is 0.396. The van der Waals surface area contributed by atoms with Crippen molar-refractivity contribution < 1.29 is 105 Å². The molecule has 63 heavy (non-hydrogen) atoms. The van der Waals surface area contributed by atoms with Gasteiger partial charge in [0.25, 0.3) is 0 Å². The number of amides is 2. The molecule has 4 unspecified atom stereocenters. The average Bonchev–Trinajstić information content (AvgIpc) is 3.17. The number of nitrogens with zero attached hydrogens (tertiary/aromatic N) is 1. The van der Waals surface area contributed by atoms with Crippen molar-refractivity contribution >= 4 is 59.8 Å². The first-order valence-corrected chi connectivity index (χ1v) is 19.3. The van der Waals surface area contributed by atoms with Crippen molar-refractivity contribution in [3.63, 3.8) is 0 Å². The van der Waals surface area contributed by atoms with Crippen LogP contribution in [0.2, 0.25) is 0 Å². The first-order chi connectivity index (χ1) is 29.2. The number of hydrogen-bond donors (Lipinski definition) is 3. The maximum Gasteiger partial charge on any atom is 0.410 e. The van der Waals surface area contributed by atoms with E-state index in [4.69, 9.17) is 47.4 Å². The number of nitrogens with one attached hydrogen (secondary N) is 2. The van der Waals surface area contributed by atoms with E-state index in [1.54, 1.807) is 20.8 Å². The number of alkyl carbamates (subject to hydrolysis) is 2. The predicted octanol–water partition coefficient (Wildman–Crippen LogP) is 0.137. The Hall–Kier alpha value is -5.88. The normalized spacial score (nSPS) is 13.0. The minimum absolute atomic E-state index is 0.144. The van der Waals surface area contributed by atoms with E-state index in [9.17, 15) is 53.1 Å². The molecule has 0 radical (unpaired) electrons. The molecule has 0 aromatic rings. The van der Waals surface area contributed by atoms with Gasteiger partial charge in [0.15, 0.2) is 25.7 Å². The van der Waals surface area contributed by atoms with E-state index >= 15 is 0 Å². The van der Waals surface area contributed by atoms with Gasteiger partial charge in [-0.3, -0.25) is 44.2 Å². The van der Waals surface area contributed by atoms with Crippen LogP contribution in [0, 0.1) is 5.92 Å². The van der Waals surface area contributed by atoms with Crippen molar-refractivity contribution in [2.45, 2.75) is 91.6 Å². The van der Waals surface area contributed by atoms with Crippen LogP contribution in [0.15, 0.2) is 11.1 Å². The quantitative estimate of drug-likeness (QED) is 0.0235. The van der Waals surface area contributed by atoms with E-state index in [0.717, 1.165) is 6.92 Å². The minimum Gasteiger partial charge on any atom is -0.462 e. The van der Waals surface area contributed by atoms with Crippen LogP contribution in [0.4, 0.5) is 9.59 Å². The van der Waals surface area contributed by atoms with Crippen LogP contribution in [0.5, 0.6) is 0 Å². The van der Waals surface area contributed by atoms with Crippen LogP contribution in [0.3, 0.4) is 0 Å². The van der Waals surface area contributed by atoms with Crippen molar-refractivity contribution in [1.29, 1.82) is 0 Å². The highest BCUT2D eigenvalue weighted by atomic mass is 16.6. The van der Waals surface area contributed by atoms with Crippen LogP contribution in [-0.4, -0.2) is 175 Å². The fourth-order valence-electron chi connectivity index (χ4n) is 4.12. The summed E-state index contributed by atoms with van der Waals surface area (Å²) in [5.74, 6) is -8.18.